The van der Waals surface area contributed by atoms with Crippen molar-refractivity contribution in [3.05, 3.63) is 70.0 Å². The lowest BCUT2D eigenvalue weighted by Crippen LogP contribution is -2.62. The normalized spacial score (nSPS) is 24.8. The Bertz CT molecular complexity index is 969. The fourth-order valence-electron chi connectivity index (χ4n) is 5.14. The number of halogens is 5. The maximum Gasteiger partial charge on any atom is 0.417 e. The Labute approximate surface area is 183 Å². The quantitative estimate of drug-likeness (QED) is 0.588. The number of hydrogen-bond donors (Lipinski definition) is 1. The number of nitrogens with zero attached hydrogens (tertiary/aromatic N) is 1. The summed E-state index contributed by atoms with van der Waals surface area (Å²) in [7, 11) is 2.01. The van der Waals surface area contributed by atoms with Gasteiger partial charge in [0.25, 0.3) is 5.91 Å². The monoisotopic (exact) mass is 454 g/mol. The van der Waals surface area contributed by atoms with Crippen molar-refractivity contribution in [1.29, 1.82) is 0 Å². The zero-order valence-electron chi connectivity index (χ0n) is 17.0. The average molecular weight is 455 g/mol. The van der Waals surface area contributed by atoms with Crippen LogP contribution < -0.4 is 5.32 Å². The molecule has 0 radical (unpaired) electrons. The second kappa shape index (κ2) is 8.10. The minimum Gasteiger partial charge on any atom is -0.343 e. The summed E-state index contributed by atoms with van der Waals surface area (Å²) < 4.78 is 53.4. The van der Waals surface area contributed by atoms with Crippen LogP contribution in [0, 0.1) is 11.7 Å². The number of fused-ring (bicyclic) bond motifs is 3. The molecule has 1 unspecified atom stereocenters. The van der Waals surface area contributed by atoms with Crippen LogP contribution in [0.1, 0.15) is 53.2 Å². The molecule has 2 aromatic rings. The van der Waals surface area contributed by atoms with E-state index >= 15 is 0 Å². The number of rotatable bonds is 4. The lowest BCUT2D eigenvalue weighted by molar-refractivity contribution is -0.137. The summed E-state index contributed by atoms with van der Waals surface area (Å²) in [5, 5.41) is 2.33. The van der Waals surface area contributed by atoms with Gasteiger partial charge in [0, 0.05) is 12.1 Å². The Morgan fingerprint density at radius 2 is 1.81 bits per heavy atom. The highest BCUT2D eigenvalue weighted by atomic mass is 35.5. The molecule has 31 heavy (non-hydrogen) atoms. The Morgan fingerprint density at radius 3 is 2.39 bits per heavy atom. The highest BCUT2D eigenvalue weighted by Gasteiger charge is 2.50. The zero-order valence-corrected chi connectivity index (χ0v) is 17.7. The third kappa shape index (κ3) is 4.05. The van der Waals surface area contributed by atoms with Crippen molar-refractivity contribution in [3.8, 4) is 0 Å². The van der Waals surface area contributed by atoms with Crippen molar-refractivity contribution in [2.75, 3.05) is 13.6 Å². The first-order chi connectivity index (χ1) is 14.6. The van der Waals surface area contributed by atoms with E-state index in [-0.39, 0.29) is 5.56 Å². The fourth-order valence-corrected chi connectivity index (χ4v) is 5.46. The summed E-state index contributed by atoms with van der Waals surface area (Å²) >= 11 is 5.99. The van der Waals surface area contributed by atoms with Crippen molar-refractivity contribution in [3.63, 3.8) is 0 Å². The highest BCUT2D eigenvalue weighted by molar-refractivity contribution is 6.34. The maximum atomic E-state index is 13.6. The second-order valence-corrected chi connectivity index (χ2v) is 8.93. The van der Waals surface area contributed by atoms with Gasteiger partial charge in [-0.25, -0.2) is 4.39 Å². The molecule has 166 valence electrons. The van der Waals surface area contributed by atoms with Crippen molar-refractivity contribution in [2.24, 2.45) is 5.92 Å². The molecule has 3 nitrogen and oxygen atoms in total. The SMILES string of the molecule is CN1CC2CCC1(C(NC(=O)c1cccc(C(F)(F)F)c1Cl)c1ccc(F)cc1)CC2. The molecule has 8 heteroatoms. The van der Waals surface area contributed by atoms with Gasteiger partial charge in [-0.2, -0.15) is 13.2 Å². The molecular weight excluding hydrogens is 432 g/mol. The standard InChI is InChI=1S/C23H23ClF4N2O/c1-30-13-14-9-11-22(30,12-10-14)20(15-5-7-16(25)8-6-15)29-21(31)17-3-2-4-18(19(17)24)23(26,27)28/h2-8,14,20H,9-13H2,1H3,(H,29,31). The third-order valence-electron chi connectivity index (χ3n) is 6.83. The number of nitrogens with one attached hydrogen (secondary N) is 1. The van der Waals surface area contributed by atoms with Gasteiger partial charge in [-0.1, -0.05) is 29.8 Å². The highest BCUT2D eigenvalue weighted by Crippen LogP contribution is 2.49. The van der Waals surface area contributed by atoms with Crippen LogP contribution >= 0.6 is 11.6 Å². The van der Waals surface area contributed by atoms with Crippen molar-refractivity contribution in [1.82, 2.24) is 10.2 Å². The third-order valence-corrected chi connectivity index (χ3v) is 7.24. The molecule has 1 amide bonds. The molecule has 0 aromatic heterocycles. The summed E-state index contributed by atoms with van der Waals surface area (Å²) in [6.45, 7) is 0.887. The molecule has 2 aliphatic heterocycles. The van der Waals surface area contributed by atoms with Gasteiger partial charge < -0.3 is 5.32 Å². The number of hydrogen-bond acceptors (Lipinski definition) is 2. The minimum atomic E-state index is -4.66. The second-order valence-electron chi connectivity index (χ2n) is 8.55. The molecule has 3 fully saturated rings. The molecule has 2 aromatic carbocycles. The van der Waals surface area contributed by atoms with Gasteiger partial charge in [-0.15, -0.1) is 0 Å². The van der Waals surface area contributed by atoms with E-state index in [0.717, 1.165) is 38.3 Å². The minimum absolute atomic E-state index is 0.229. The van der Waals surface area contributed by atoms with Gasteiger partial charge >= 0.3 is 6.18 Å². The van der Waals surface area contributed by atoms with E-state index in [4.69, 9.17) is 11.6 Å². The fraction of sp³-hybridized carbons (Fsp3) is 0.435. The first kappa shape index (κ1) is 22.1. The number of likely N-dealkylation sites (N-methyl/N-ethyl adjacent to an activating group) is 1. The van der Waals surface area contributed by atoms with Crippen LogP contribution in [0.25, 0.3) is 0 Å². The molecule has 5 rings (SSSR count). The van der Waals surface area contributed by atoms with Gasteiger partial charge in [0.2, 0.25) is 0 Å². The van der Waals surface area contributed by atoms with E-state index in [2.05, 4.69) is 10.2 Å². The zero-order chi connectivity index (χ0) is 22.4. The first-order valence-corrected chi connectivity index (χ1v) is 10.6. The predicted molar refractivity (Wildman–Crippen MR) is 110 cm³/mol. The van der Waals surface area contributed by atoms with Crippen molar-refractivity contribution < 1.29 is 22.4 Å². The number of alkyl halides is 3. The lowest BCUT2D eigenvalue weighted by atomic mass is 9.65. The molecule has 2 bridgehead atoms. The van der Waals surface area contributed by atoms with E-state index in [9.17, 15) is 22.4 Å². The molecular formula is C23H23ClF4N2O. The van der Waals surface area contributed by atoms with E-state index in [0.29, 0.717) is 11.5 Å². The summed E-state index contributed by atoms with van der Waals surface area (Å²) in [5.74, 6) is -0.469. The Kier molecular flexibility index (Phi) is 5.77. The first-order valence-electron chi connectivity index (χ1n) is 10.2. The molecule has 1 aliphatic carbocycles. The van der Waals surface area contributed by atoms with Crippen LogP contribution in [0.4, 0.5) is 17.6 Å². The van der Waals surface area contributed by atoms with Crippen molar-refractivity contribution >= 4 is 17.5 Å². The topological polar surface area (TPSA) is 32.3 Å². The van der Waals surface area contributed by atoms with Gasteiger partial charge in [0.05, 0.1) is 22.2 Å². The Hall–Kier alpha value is -2.12. The van der Waals surface area contributed by atoms with Crippen LogP contribution in [0.2, 0.25) is 5.02 Å². The molecule has 1 saturated carbocycles. The van der Waals surface area contributed by atoms with Gasteiger partial charge in [0.1, 0.15) is 5.82 Å². The number of carbonyl (C=O) groups is 1. The van der Waals surface area contributed by atoms with Gasteiger partial charge in [-0.3, -0.25) is 9.69 Å². The molecule has 2 heterocycles. The van der Waals surface area contributed by atoms with E-state index in [1.54, 1.807) is 12.1 Å². The summed E-state index contributed by atoms with van der Waals surface area (Å²) in [5.41, 5.74) is -0.957. The average Bonchev–Trinajstić information content (AvgIpc) is 2.73. The van der Waals surface area contributed by atoms with Crippen LogP contribution in [0.15, 0.2) is 42.5 Å². The Balaban J connectivity index is 1.72. The number of benzene rings is 2. The number of carbonyl (C=O) groups excluding carboxylic acids is 1. The number of piperidine rings is 2. The molecule has 0 spiro atoms. The molecule has 1 atom stereocenters. The van der Waals surface area contributed by atoms with Crippen molar-refractivity contribution in [2.45, 2.75) is 43.4 Å². The summed E-state index contributed by atoms with van der Waals surface area (Å²) in [6, 6.07) is 8.70. The summed E-state index contributed by atoms with van der Waals surface area (Å²) in [4.78, 5) is 15.4. The maximum absolute atomic E-state index is 13.6. The van der Waals surface area contributed by atoms with Crippen LogP contribution in [-0.4, -0.2) is 29.9 Å². The summed E-state index contributed by atoms with van der Waals surface area (Å²) in [6.07, 6.45) is -0.950. The molecule has 1 N–H and O–H groups in total. The predicted octanol–water partition coefficient (Wildman–Crippen LogP) is 5.84. The molecule has 2 saturated heterocycles. The smallest absolute Gasteiger partial charge is 0.343 e. The van der Waals surface area contributed by atoms with Gasteiger partial charge in [-0.05, 0) is 68.5 Å². The van der Waals surface area contributed by atoms with Crippen LogP contribution in [0.5, 0.6) is 0 Å². The number of amides is 1. The van der Waals surface area contributed by atoms with E-state index < -0.39 is 40.1 Å². The van der Waals surface area contributed by atoms with Crippen LogP contribution in [0.3, 0.4) is 0 Å². The molecule has 3 aliphatic rings. The lowest BCUT2D eigenvalue weighted by Gasteiger charge is -2.57. The van der Waals surface area contributed by atoms with E-state index in [1.165, 1.54) is 24.3 Å². The Morgan fingerprint density at radius 1 is 1.16 bits per heavy atom. The van der Waals surface area contributed by atoms with E-state index in [1.807, 2.05) is 7.05 Å². The van der Waals surface area contributed by atoms with Gasteiger partial charge in [0.15, 0.2) is 0 Å². The van der Waals surface area contributed by atoms with Crippen LogP contribution in [-0.2, 0) is 6.18 Å². The largest absolute Gasteiger partial charge is 0.417 e.